The Labute approximate surface area is 156 Å². The summed E-state index contributed by atoms with van der Waals surface area (Å²) in [7, 11) is 0. The van der Waals surface area contributed by atoms with Crippen LogP contribution in [0.4, 0.5) is 0 Å². The van der Waals surface area contributed by atoms with E-state index in [9.17, 15) is 29.7 Å². The molecule has 148 valence electrons. The van der Waals surface area contributed by atoms with Gasteiger partial charge in [0.05, 0.1) is 12.1 Å². The van der Waals surface area contributed by atoms with E-state index in [4.69, 9.17) is 5.73 Å². The number of carbonyl (C=O) groups is 3. The third-order valence-corrected chi connectivity index (χ3v) is 4.60. The van der Waals surface area contributed by atoms with E-state index in [2.05, 4.69) is 5.32 Å². The van der Waals surface area contributed by atoms with Crippen molar-refractivity contribution in [2.75, 3.05) is 6.54 Å². The van der Waals surface area contributed by atoms with E-state index >= 15 is 0 Å². The van der Waals surface area contributed by atoms with E-state index in [0.29, 0.717) is 12.8 Å². The van der Waals surface area contributed by atoms with Crippen LogP contribution >= 0.6 is 0 Å². The maximum Gasteiger partial charge on any atom is 0.326 e. The fourth-order valence-electron chi connectivity index (χ4n) is 3.09. The number of phenolic OH excluding ortho intramolecular Hbond substituents is 1. The monoisotopic (exact) mass is 379 g/mol. The highest BCUT2D eigenvalue weighted by Crippen LogP contribution is 2.19. The number of amides is 2. The first-order valence-electron chi connectivity index (χ1n) is 8.76. The molecule has 1 aromatic carbocycles. The Morgan fingerprint density at radius 1 is 1.30 bits per heavy atom. The quantitative estimate of drug-likeness (QED) is 0.416. The van der Waals surface area contributed by atoms with Crippen LogP contribution in [0.15, 0.2) is 24.3 Å². The molecule has 0 bridgehead atoms. The third-order valence-electron chi connectivity index (χ3n) is 4.60. The Morgan fingerprint density at radius 3 is 2.48 bits per heavy atom. The van der Waals surface area contributed by atoms with Gasteiger partial charge in [-0.05, 0) is 43.9 Å². The van der Waals surface area contributed by atoms with Gasteiger partial charge >= 0.3 is 5.97 Å². The minimum atomic E-state index is -1.27. The molecule has 1 aliphatic rings. The molecule has 0 aliphatic carbocycles. The summed E-state index contributed by atoms with van der Waals surface area (Å²) in [4.78, 5) is 37.5. The predicted octanol–water partition coefficient (Wildman–Crippen LogP) is -0.797. The van der Waals surface area contributed by atoms with Gasteiger partial charge in [0.2, 0.25) is 11.8 Å². The topological polar surface area (TPSA) is 153 Å². The van der Waals surface area contributed by atoms with Gasteiger partial charge in [-0.1, -0.05) is 12.1 Å². The summed E-state index contributed by atoms with van der Waals surface area (Å²) < 4.78 is 0. The fraction of sp³-hybridized carbons (Fsp3) is 0.500. The second-order valence-corrected chi connectivity index (χ2v) is 6.73. The number of hydrogen-bond donors (Lipinski definition) is 5. The number of likely N-dealkylation sites (tertiary alicyclic amines) is 1. The molecule has 1 fully saturated rings. The van der Waals surface area contributed by atoms with E-state index in [1.165, 1.54) is 24.0 Å². The number of nitrogens with zero attached hydrogens (tertiary/aromatic N) is 1. The average Bonchev–Trinajstić information content (AvgIpc) is 3.10. The van der Waals surface area contributed by atoms with Gasteiger partial charge in [-0.15, -0.1) is 0 Å². The number of aromatic hydroxyl groups is 1. The number of phenols is 1. The van der Waals surface area contributed by atoms with Gasteiger partial charge in [-0.3, -0.25) is 9.59 Å². The van der Waals surface area contributed by atoms with Crippen LogP contribution in [0.25, 0.3) is 0 Å². The number of hydrogen-bond acceptors (Lipinski definition) is 6. The second kappa shape index (κ2) is 8.83. The third kappa shape index (κ3) is 5.18. The van der Waals surface area contributed by atoms with Gasteiger partial charge in [-0.2, -0.15) is 0 Å². The number of carboxylic acid groups (broad SMARTS) is 1. The summed E-state index contributed by atoms with van der Waals surface area (Å²) in [6.07, 6.45) is -0.155. The van der Waals surface area contributed by atoms with E-state index in [1.807, 2.05) is 0 Å². The number of aliphatic hydroxyl groups is 1. The molecule has 6 N–H and O–H groups in total. The Kier molecular flexibility index (Phi) is 6.75. The molecule has 0 unspecified atom stereocenters. The van der Waals surface area contributed by atoms with E-state index in [1.54, 1.807) is 12.1 Å². The highest BCUT2D eigenvalue weighted by molar-refractivity contribution is 5.92. The minimum absolute atomic E-state index is 0.0927. The van der Waals surface area contributed by atoms with Crippen molar-refractivity contribution in [1.29, 1.82) is 0 Å². The van der Waals surface area contributed by atoms with Crippen molar-refractivity contribution in [1.82, 2.24) is 10.2 Å². The molecule has 0 spiro atoms. The summed E-state index contributed by atoms with van der Waals surface area (Å²) in [5.41, 5.74) is 6.61. The largest absolute Gasteiger partial charge is 0.508 e. The minimum Gasteiger partial charge on any atom is -0.508 e. The smallest absolute Gasteiger partial charge is 0.326 e. The Morgan fingerprint density at radius 2 is 1.93 bits per heavy atom. The lowest BCUT2D eigenvalue weighted by Crippen LogP contribution is -2.58. The van der Waals surface area contributed by atoms with Crippen molar-refractivity contribution >= 4 is 17.8 Å². The number of carboxylic acids is 1. The Balaban J connectivity index is 2.03. The highest BCUT2D eigenvalue weighted by Gasteiger charge is 2.39. The first-order chi connectivity index (χ1) is 12.7. The van der Waals surface area contributed by atoms with Gasteiger partial charge in [-0.25, -0.2) is 4.79 Å². The maximum absolute atomic E-state index is 12.7. The lowest BCUT2D eigenvalue weighted by atomic mass is 10.0. The Hall–Kier alpha value is -2.65. The molecular formula is C18H25N3O6. The van der Waals surface area contributed by atoms with Crippen LogP contribution in [0.3, 0.4) is 0 Å². The molecule has 4 atom stereocenters. The van der Waals surface area contributed by atoms with E-state index < -0.39 is 42.0 Å². The van der Waals surface area contributed by atoms with Crippen LogP contribution in [0.2, 0.25) is 0 Å². The molecule has 0 radical (unpaired) electrons. The number of aliphatic carboxylic acids is 1. The fourth-order valence-corrected chi connectivity index (χ4v) is 3.09. The molecule has 2 amide bonds. The molecule has 27 heavy (non-hydrogen) atoms. The van der Waals surface area contributed by atoms with Gasteiger partial charge < -0.3 is 31.3 Å². The molecule has 1 saturated heterocycles. The SMILES string of the molecule is C[C@@H](O)[C@H](NC(=O)[C@@H](N)Cc1ccc(O)cc1)C(=O)N1CCC[C@H]1C(=O)O. The summed E-state index contributed by atoms with van der Waals surface area (Å²) in [5.74, 6) is -2.29. The molecule has 1 heterocycles. The molecule has 1 aromatic rings. The number of aliphatic hydroxyl groups excluding tert-OH is 1. The maximum atomic E-state index is 12.7. The molecular weight excluding hydrogens is 354 g/mol. The van der Waals surface area contributed by atoms with Crippen LogP contribution in [-0.2, 0) is 20.8 Å². The first-order valence-corrected chi connectivity index (χ1v) is 8.76. The number of nitrogens with one attached hydrogen (secondary N) is 1. The van der Waals surface area contributed by atoms with Gasteiger partial charge in [0.15, 0.2) is 0 Å². The van der Waals surface area contributed by atoms with Crippen molar-refractivity contribution in [3.8, 4) is 5.75 Å². The van der Waals surface area contributed by atoms with Crippen molar-refractivity contribution in [3.63, 3.8) is 0 Å². The zero-order valence-electron chi connectivity index (χ0n) is 15.0. The number of nitrogens with two attached hydrogens (primary N) is 1. The molecule has 9 nitrogen and oxygen atoms in total. The summed E-state index contributed by atoms with van der Waals surface area (Å²) in [5, 5.41) is 30.9. The molecule has 1 aliphatic heterocycles. The van der Waals surface area contributed by atoms with E-state index in [-0.39, 0.29) is 18.7 Å². The lowest BCUT2D eigenvalue weighted by molar-refractivity contribution is -0.150. The predicted molar refractivity (Wildman–Crippen MR) is 95.8 cm³/mol. The van der Waals surface area contributed by atoms with Crippen LogP contribution in [-0.4, -0.2) is 68.8 Å². The lowest BCUT2D eigenvalue weighted by Gasteiger charge is -2.29. The molecule has 0 aromatic heterocycles. The first kappa shape index (κ1) is 20.7. The molecule has 2 rings (SSSR count). The van der Waals surface area contributed by atoms with Crippen LogP contribution < -0.4 is 11.1 Å². The highest BCUT2D eigenvalue weighted by atomic mass is 16.4. The number of carbonyl (C=O) groups excluding carboxylic acids is 2. The standard InChI is InChI=1S/C18H25N3O6/c1-10(22)15(17(25)21-8-2-3-14(21)18(26)27)20-16(24)13(19)9-11-4-6-12(23)7-5-11/h4-7,10,13-15,22-23H,2-3,8-9,19H2,1H3,(H,20,24)(H,26,27)/t10-,13+,14+,15+/m1/s1. The van der Waals surface area contributed by atoms with Gasteiger partial charge in [0.1, 0.15) is 17.8 Å². The summed E-state index contributed by atoms with van der Waals surface area (Å²) >= 11 is 0. The Bertz CT molecular complexity index is 691. The molecule has 0 saturated carbocycles. The van der Waals surface area contributed by atoms with Crippen molar-refractivity contribution < 1.29 is 29.7 Å². The second-order valence-electron chi connectivity index (χ2n) is 6.73. The average molecular weight is 379 g/mol. The van der Waals surface area contributed by atoms with Crippen molar-refractivity contribution in [3.05, 3.63) is 29.8 Å². The van der Waals surface area contributed by atoms with Gasteiger partial charge in [0, 0.05) is 6.54 Å². The zero-order chi connectivity index (χ0) is 20.1. The number of rotatable bonds is 7. The summed E-state index contributed by atoms with van der Waals surface area (Å²) in [6.45, 7) is 1.61. The normalized spacial score (nSPS) is 20.0. The zero-order valence-corrected chi connectivity index (χ0v) is 15.0. The van der Waals surface area contributed by atoms with E-state index in [0.717, 1.165) is 5.56 Å². The van der Waals surface area contributed by atoms with Gasteiger partial charge in [0.25, 0.3) is 0 Å². The van der Waals surface area contributed by atoms with Crippen molar-refractivity contribution in [2.24, 2.45) is 5.73 Å². The summed E-state index contributed by atoms with van der Waals surface area (Å²) in [6, 6.07) is 2.99. The molecule has 9 heteroatoms. The van der Waals surface area contributed by atoms with Crippen LogP contribution in [0.5, 0.6) is 5.75 Å². The number of benzene rings is 1. The van der Waals surface area contributed by atoms with Crippen molar-refractivity contribution in [2.45, 2.75) is 50.4 Å². The van der Waals surface area contributed by atoms with Crippen LogP contribution in [0.1, 0.15) is 25.3 Å². The van der Waals surface area contributed by atoms with Crippen LogP contribution in [0, 0.1) is 0 Å².